The molecule has 0 aromatic rings. The third-order valence-corrected chi connectivity index (χ3v) is 2.25. The Labute approximate surface area is 69.8 Å². The van der Waals surface area contributed by atoms with Gasteiger partial charge in [0.25, 0.3) is 0 Å². The van der Waals surface area contributed by atoms with Crippen molar-refractivity contribution in [3.05, 3.63) is 0 Å². The Morgan fingerprint density at radius 3 is 3.08 bits per heavy atom. The van der Waals surface area contributed by atoms with E-state index in [-0.39, 0.29) is 18.3 Å². The van der Waals surface area contributed by atoms with Crippen LogP contribution in [0.3, 0.4) is 0 Å². The summed E-state index contributed by atoms with van der Waals surface area (Å²) in [4.78, 5) is 10.4. The maximum Gasteiger partial charge on any atom is 0.404 e. The fourth-order valence-electron chi connectivity index (χ4n) is 1.70. The van der Waals surface area contributed by atoms with Crippen LogP contribution in [0.25, 0.3) is 0 Å². The lowest BCUT2D eigenvalue weighted by atomic mass is 10.0. The molecule has 2 saturated heterocycles. The third kappa shape index (κ3) is 1.25. The molecule has 1 amide bonds. The van der Waals surface area contributed by atoms with Crippen molar-refractivity contribution in [1.29, 1.82) is 0 Å². The Balaban J connectivity index is 1.95. The van der Waals surface area contributed by atoms with Crippen molar-refractivity contribution >= 4 is 6.09 Å². The summed E-state index contributed by atoms with van der Waals surface area (Å²) in [7, 11) is 0. The lowest BCUT2D eigenvalue weighted by Crippen LogP contribution is -2.28. The summed E-state index contributed by atoms with van der Waals surface area (Å²) >= 11 is 0. The van der Waals surface area contributed by atoms with E-state index >= 15 is 0 Å². The lowest BCUT2D eigenvalue weighted by molar-refractivity contribution is -0.0907. The normalized spacial score (nSPS) is 39.5. The molecule has 2 heterocycles. The first-order chi connectivity index (χ1) is 5.77. The molecule has 3 atom stereocenters. The summed E-state index contributed by atoms with van der Waals surface area (Å²) < 4.78 is 15.3. The number of fused-ring (bicyclic) bond motifs is 1. The van der Waals surface area contributed by atoms with Crippen LogP contribution in [0.2, 0.25) is 0 Å². The molecule has 2 unspecified atom stereocenters. The van der Waals surface area contributed by atoms with Crippen molar-refractivity contribution in [3.8, 4) is 0 Å². The van der Waals surface area contributed by atoms with Gasteiger partial charge in [-0.15, -0.1) is 0 Å². The summed E-state index contributed by atoms with van der Waals surface area (Å²) in [6.07, 6.45) is -0.261. The quantitative estimate of drug-likeness (QED) is 0.598. The predicted molar refractivity (Wildman–Crippen MR) is 38.3 cm³/mol. The highest BCUT2D eigenvalue weighted by Gasteiger charge is 2.43. The van der Waals surface area contributed by atoms with Gasteiger partial charge >= 0.3 is 6.09 Å². The van der Waals surface area contributed by atoms with Gasteiger partial charge in [0, 0.05) is 0 Å². The molecule has 0 spiro atoms. The van der Waals surface area contributed by atoms with Gasteiger partial charge in [0.1, 0.15) is 6.10 Å². The molecule has 2 fully saturated rings. The van der Waals surface area contributed by atoms with Crippen molar-refractivity contribution in [1.82, 2.24) is 0 Å². The second-order valence-corrected chi connectivity index (χ2v) is 3.00. The molecule has 0 bridgehead atoms. The van der Waals surface area contributed by atoms with Crippen LogP contribution in [-0.2, 0) is 14.2 Å². The molecule has 0 aromatic carbocycles. The molecule has 5 nitrogen and oxygen atoms in total. The molecule has 2 aliphatic rings. The highest BCUT2D eigenvalue weighted by atomic mass is 16.7. The van der Waals surface area contributed by atoms with E-state index in [4.69, 9.17) is 19.9 Å². The van der Waals surface area contributed by atoms with E-state index in [0.29, 0.717) is 13.2 Å². The van der Waals surface area contributed by atoms with E-state index in [1.807, 2.05) is 0 Å². The van der Waals surface area contributed by atoms with E-state index < -0.39 is 6.09 Å². The minimum absolute atomic E-state index is 0.178. The predicted octanol–water partition coefficient (Wildman–Crippen LogP) is -0.157. The van der Waals surface area contributed by atoms with Crippen molar-refractivity contribution in [2.24, 2.45) is 11.7 Å². The minimum atomic E-state index is -0.740. The molecule has 68 valence electrons. The number of hydrogen-bond donors (Lipinski definition) is 1. The van der Waals surface area contributed by atoms with Gasteiger partial charge in [-0.3, -0.25) is 0 Å². The molecule has 2 aliphatic heterocycles. The number of carbonyl (C=O) groups is 1. The number of nitrogens with two attached hydrogens (primary N) is 1. The van der Waals surface area contributed by atoms with Gasteiger partial charge in [-0.2, -0.15) is 0 Å². The van der Waals surface area contributed by atoms with E-state index in [1.54, 1.807) is 0 Å². The Morgan fingerprint density at radius 1 is 1.50 bits per heavy atom. The average Bonchev–Trinajstić information content (AvgIpc) is 2.52. The lowest BCUT2D eigenvalue weighted by Gasteiger charge is -2.13. The zero-order valence-electron chi connectivity index (χ0n) is 6.56. The van der Waals surface area contributed by atoms with E-state index in [1.165, 1.54) is 0 Å². The molecule has 5 heteroatoms. The summed E-state index contributed by atoms with van der Waals surface area (Å²) in [5.74, 6) is 0.178. The standard InChI is InChI=1S/C7H11NO4/c8-7(9)12-5-3-11-6-4(5)1-2-10-6/h4-6H,1-3H2,(H2,8,9)/t4?,5-,6?/m0/s1. The molecule has 0 aliphatic carbocycles. The Kier molecular flexibility index (Phi) is 1.90. The average molecular weight is 173 g/mol. The largest absolute Gasteiger partial charge is 0.443 e. The zero-order valence-corrected chi connectivity index (χ0v) is 6.56. The minimum Gasteiger partial charge on any atom is -0.443 e. The second-order valence-electron chi connectivity index (χ2n) is 3.00. The van der Waals surface area contributed by atoms with Crippen LogP contribution in [0.4, 0.5) is 4.79 Å². The topological polar surface area (TPSA) is 70.8 Å². The molecule has 12 heavy (non-hydrogen) atoms. The summed E-state index contributed by atoms with van der Waals surface area (Å²) in [5, 5.41) is 0. The number of carbonyl (C=O) groups excluding carboxylic acids is 1. The zero-order chi connectivity index (χ0) is 8.55. The summed E-state index contributed by atoms with van der Waals surface area (Å²) in [6.45, 7) is 1.08. The van der Waals surface area contributed by atoms with Crippen LogP contribution in [0, 0.1) is 5.92 Å². The number of primary amides is 1. The van der Waals surface area contributed by atoms with Gasteiger partial charge in [0.05, 0.1) is 19.1 Å². The molecule has 0 saturated carbocycles. The van der Waals surface area contributed by atoms with Crippen molar-refractivity contribution in [3.63, 3.8) is 0 Å². The number of hydrogen-bond acceptors (Lipinski definition) is 4. The first-order valence-corrected chi connectivity index (χ1v) is 3.96. The highest BCUT2D eigenvalue weighted by molar-refractivity contribution is 5.64. The van der Waals surface area contributed by atoms with Crippen LogP contribution < -0.4 is 5.73 Å². The molecular formula is C7H11NO4. The molecule has 0 aromatic heterocycles. The maximum absolute atomic E-state index is 10.4. The fourth-order valence-corrected chi connectivity index (χ4v) is 1.70. The first-order valence-electron chi connectivity index (χ1n) is 3.96. The van der Waals surface area contributed by atoms with Crippen LogP contribution in [0.15, 0.2) is 0 Å². The highest BCUT2D eigenvalue weighted by Crippen LogP contribution is 2.32. The van der Waals surface area contributed by atoms with Gasteiger partial charge < -0.3 is 19.9 Å². The van der Waals surface area contributed by atoms with Crippen LogP contribution in [-0.4, -0.2) is 31.7 Å². The number of amides is 1. The van der Waals surface area contributed by atoms with Gasteiger partial charge in [0.15, 0.2) is 6.29 Å². The van der Waals surface area contributed by atoms with Crippen LogP contribution in [0.1, 0.15) is 6.42 Å². The van der Waals surface area contributed by atoms with Crippen molar-refractivity contribution < 1.29 is 19.0 Å². The van der Waals surface area contributed by atoms with Gasteiger partial charge in [-0.1, -0.05) is 0 Å². The van der Waals surface area contributed by atoms with Crippen molar-refractivity contribution in [2.75, 3.05) is 13.2 Å². The van der Waals surface area contributed by atoms with Crippen LogP contribution >= 0.6 is 0 Å². The van der Waals surface area contributed by atoms with Gasteiger partial charge in [0.2, 0.25) is 0 Å². The SMILES string of the molecule is NC(=O)O[C@H]1COC2OCCC21. The third-order valence-electron chi connectivity index (χ3n) is 2.25. The molecular weight excluding hydrogens is 162 g/mol. The summed E-state index contributed by atoms with van der Waals surface area (Å²) in [5.41, 5.74) is 4.90. The van der Waals surface area contributed by atoms with Gasteiger partial charge in [-0.05, 0) is 6.42 Å². The van der Waals surface area contributed by atoms with Crippen LogP contribution in [0.5, 0.6) is 0 Å². The maximum atomic E-state index is 10.4. The molecule has 0 radical (unpaired) electrons. The Morgan fingerprint density at radius 2 is 2.33 bits per heavy atom. The fraction of sp³-hybridized carbons (Fsp3) is 0.857. The van der Waals surface area contributed by atoms with E-state index in [9.17, 15) is 4.79 Å². The van der Waals surface area contributed by atoms with E-state index in [2.05, 4.69) is 0 Å². The Bertz CT molecular complexity index is 196. The molecule has 2 rings (SSSR count). The molecule has 2 N–H and O–H groups in total. The number of ether oxygens (including phenoxy) is 3. The monoisotopic (exact) mass is 173 g/mol. The summed E-state index contributed by atoms with van der Waals surface area (Å²) in [6, 6.07) is 0. The first kappa shape index (κ1) is 7.82. The second kappa shape index (κ2) is 2.91. The van der Waals surface area contributed by atoms with Gasteiger partial charge in [-0.25, -0.2) is 4.79 Å². The van der Waals surface area contributed by atoms with Crippen molar-refractivity contribution in [2.45, 2.75) is 18.8 Å². The Hall–Kier alpha value is -0.810. The van der Waals surface area contributed by atoms with E-state index in [0.717, 1.165) is 6.42 Å². The smallest absolute Gasteiger partial charge is 0.404 e. The number of rotatable bonds is 1.